The van der Waals surface area contributed by atoms with Gasteiger partial charge in [0, 0.05) is 0 Å². The van der Waals surface area contributed by atoms with E-state index in [-0.39, 0.29) is 23.0 Å². The number of aliphatic hydroxyl groups excluding tert-OH is 6. The quantitative estimate of drug-likeness (QED) is 0.0940. The van der Waals surface area contributed by atoms with Gasteiger partial charge in [-0.15, -0.1) is 0 Å². The first-order valence-electron chi connectivity index (χ1n) is 22.2. The molecule has 12 atom stereocenters. The summed E-state index contributed by atoms with van der Waals surface area (Å²) in [6, 6.07) is 0. The molecule has 0 aromatic heterocycles. The summed E-state index contributed by atoms with van der Waals surface area (Å²) in [5.41, 5.74) is 9.11. The lowest BCUT2D eigenvalue weighted by Gasteiger charge is -2.43. The number of hydrogen-bond donors (Lipinski definition) is 6. The molecular weight excluding hydrogens is 785 g/mol. The third-order valence-corrected chi connectivity index (χ3v) is 12.5. The first-order chi connectivity index (χ1) is 29.0. The molecule has 0 amide bonds. The molecule has 2 heterocycles. The van der Waals surface area contributed by atoms with E-state index < -0.39 is 61.4 Å². The summed E-state index contributed by atoms with van der Waals surface area (Å²) in [5, 5.41) is 61.4. The maximum Gasteiger partial charge on any atom is 0.186 e. The van der Waals surface area contributed by atoms with E-state index in [2.05, 4.69) is 142 Å². The number of allylic oxidation sites excluding steroid dienone is 20. The van der Waals surface area contributed by atoms with Gasteiger partial charge >= 0.3 is 0 Å². The molecule has 4 rings (SSSR count). The third kappa shape index (κ3) is 14.1. The van der Waals surface area contributed by atoms with Crippen molar-refractivity contribution >= 4 is 0 Å². The Balaban J connectivity index is 1.25. The Morgan fingerprint density at radius 1 is 0.500 bits per heavy atom. The van der Waals surface area contributed by atoms with E-state index in [4.69, 9.17) is 18.9 Å². The SMILES string of the molecule is CC1=C(/C=C/C(C)=C/C=C/C(C)=C/C=C/C=C(C)/C=C/C=C(C)/C=C/C2=C(C)C[C@@H](O[C@@H]3O[C@@H](C)[C@H](O)[C@@H](O)[C@H]3O)CC2(C)C)C(C)(C)C[C@H](O[C@@H]2O[C@@H](C)[C@H](O)[C@@H](O)[C@H]2O)C1. The molecule has 0 radical (unpaired) electrons. The second-order valence-corrected chi connectivity index (χ2v) is 19.3. The van der Waals surface area contributed by atoms with Gasteiger partial charge in [0.05, 0.1) is 24.4 Å². The fourth-order valence-electron chi connectivity index (χ4n) is 8.89. The molecule has 10 nitrogen and oxygen atoms in total. The van der Waals surface area contributed by atoms with Gasteiger partial charge in [-0.3, -0.25) is 0 Å². The van der Waals surface area contributed by atoms with E-state index in [0.29, 0.717) is 12.8 Å². The fourth-order valence-corrected chi connectivity index (χ4v) is 8.89. The van der Waals surface area contributed by atoms with E-state index in [1.54, 1.807) is 13.8 Å². The molecule has 0 unspecified atom stereocenters. The van der Waals surface area contributed by atoms with Crippen LogP contribution in [0.2, 0.25) is 0 Å². The maximum absolute atomic E-state index is 10.4. The van der Waals surface area contributed by atoms with Gasteiger partial charge in [0.1, 0.15) is 36.6 Å². The highest BCUT2D eigenvalue weighted by molar-refractivity contribution is 5.39. The average molecular weight is 861 g/mol. The molecule has 10 heteroatoms. The van der Waals surface area contributed by atoms with Crippen molar-refractivity contribution in [3.63, 3.8) is 0 Å². The zero-order valence-corrected chi connectivity index (χ0v) is 39.2. The van der Waals surface area contributed by atoms with Crippen molar-refractivity contribution in [3.05, 3.63) is 130 Å². The molecule has 0 saturated carbocycles. The fraction of sp³-hybridized carbons (Fsp3) is 0.577. The van der Waals surface area contributed by atoms with Crippen LogP contribution >= 0.6 is 0 Å². The van der Waals surface area contributed by atoms with Gasteiger partial charge < -0.3 is 49.6 Å². The minimum Gasteiger partial charge on any atom is -0.388 e. The monoisotopic (exact) mass is 861 g/mol. The van der Waals surface area contributed by atoms with Crippen LogP contribution in [0.1, 0.15) is 109 Å². The summed E-state index contributed by atoms with van der Waals surface area (Å²) in [4.78, 5) is 0. The Bertz CT molecular complexity index is 1750. The Hall–Kier alpha value is -3.26. The van der Waals surface area contributed by atoms with E-state index in [1.807, 2.05) is 12.2 Å². The molecule has 344 valence electrons. The van der Waals surface area contributed by atoms with E-state index in [9.17, 15) is 30.6 Å². The zero-order valence-electron chi connectivity index (χ0n) is 39.2. The van der Waals surface area contributed by atoms with Gasteiger partial charge in [-0.1, -0.05) is 146 Å². The maximum atomic E-state index is 10.4. The molecular formula is C52H76O10. The van der Waals surface area contributed by atoms with Crippen LogP contribution in [0, 0.1) is 10.8 Å². The van der Waals surface area contributed by atoms with Crippen LogP contribution in [-0.2, 0) is 18.9 Å². The van der Waals surface area contributed by atoms with Gasteiger partial charge in [-0.25, -0.2) is 0 Å². The molecule has 6 N–H and O–H groups in total. The smallest absolute Gasteiger partial charge is 0.186 e. The van der Waals surface area contributed by atoms with Crippen molar-refractivity contribution in [2.24, 2.45) is 10.8 Å². The van der Waals surface area contributed by atoms with Crippen molar-refractivity contribution in [3.8, 4) is 0 Å². The minimum absolute atomic E-state index is 0.170. The Labute approximate surface area is 371 Å². The highest BCUT2D eigenvalue weighted by Gasteiger charge is 2.46. The summed E-state index contributed by atoms with van der Waals surface area (Å²) in [5.74, 6) is 0. The predicted octanol–water partition coefficient (Wildman–Crippen LogP) is 8.25. The number of hydrogen-bond acceptors (Lipinski definition) is 10. The summed E-state index contributed by atoms with van der Waals surface area (Å²) in [6.45, 7) is 24.6. The second kappa shape index (κ2) is 22.6. The Morgan fingerprint density at radius 3 is 1.16 bits per heavy atom. The van der Waals surface area contributed by atoms with Crippen LogP contribution < -0.4 is 0 Å². The highest BCUT2D eigenvalue weighted by atomic mass is 16.7. The van der Waals surface area contributed by atoms with Crippen molar-refractivity contribution in [2.75, 3.05) is 0 Å². The van der Waals surface area contributed by atoms with Crippen LogP contribution in [0.3, 0.4) is 0 Å². The number of aliphatic hydroxyl groups is 6. The third-order valence-electron chi connectivity index (χ3n) is 12.5. The van der Waals surface area contributed by atoms with Crippen LogP contribution in [0.5, 0.6) is 0 Å². The summed E-state index contributed by atoms with van der Waals surface area (Å²) >= 11 is 0. The molecule has 0 spiro atoms. The summed E-state index contributed by atoms with van der Waals surface area (Å²) in [6.07, 6.45) is 21.1. The Kier molecular flexibility index (Phi) is 18.7. The van der Waals surface area contributed by atoms with Crippen LogP contribution in [0.25, 0.3) is 0 Å². The Morgan fingerprint density at radius 2 is 0.823 bits per heavy atom. The molecule has 0 bridgehead atoms. The normalized spacial score (nSPS) is 35.8. The number of rotatable bonds is 14. The van der Waals surface area contributed by atoms with Crippen LogP contribution in [-0.4, -0.2) is 104 Å². The van der Waals surface area contributed by atoms with Crippen LogP contribution in [0.15, 0.2) is 130 Å². The largest absolute Gasteiger partial charge is 0.388 e. The highest BCUT2D eigenvalue weighted by Crippen LogP contribution is 2.44. The lowest BCUT2D eigenvalue weighted by atomic mass is 9.71. The standard InChI is InChI=1S/C52H76O10/c1-31(19-15-21-33(3)23-25-41-35(5)27-39(29-51(41,9)10)61-49-47(57)45(55)43(53)37(7)59-49)17-13-14-18-32(2)20-16-22-34(4)24-26-42-36(6)28-40(30-52(42,11)12)62-50-48(58)46(56)44(54)38(8)60-50/h13-26,37-40,43-50,53-58H,27-30H2,1-12H3/b14-13+,19-15+,20-16+,25-23+,26-24+,31-17+,32-18+,33-21+,34-22+/t37-,38-,39+,40+,43-,44-,45+,46+,47+,48+,49-,50-/m0/s1. The number of ether oxygens (including phenoxy) is 4. The molecule has 4 aliphatic rings. The minimum atomic E-state index is -1.31. The molecule has 0 aromatic carbocycles. The van der Waals surface area contributed by atoms with E-state index in [1.165, 1.54) is 22.3 Å². The lowest BCUT2D eigenvalue weighted by Crippen LogP contribution is -2.58. The average Bonchev–Trinajstić information content (AvgIpc) is 3.17. The topological polar surface area (TPSA) is 158 Å². The molecule has 2 aliphatic heterocycles. The van der Waals surface area contributed by atoms with Gasteiger partial charge in [0.15, 0.2) is 12.6 Å². The first-order valence-corrected chi connectivity index (χ1v) is 22.2. The van der Waals surface area contributed by atoms with E-state index in [0.717, 1.165) is 35.1 Å². The summed E-state index contributed by atoms with van der Waals surface area (Å²) < 4.78 is 23.7. The second-order valence-electron chi connectivity index (χ2n) is 19.3. The van der Waals surface area contributed by atoms with Crippen molar-refractivity contribution < 1.29 is 49.6 Å². The van der Waals surface area contributed by atoms with Gasteiger partial charge in [-0.05, 0) is 103 Å². The summed E-state index contributed by atoms with van der Waals surface area (Å²) in [7, 11) is 0. The van der Waals surface area contributed by atoms with Crippen molar-refractivity contribution in [1.29, 1.82) is 0 Å². The first kappa shape index (κ1) is 51.4. The van der Waals surface area contributed by atoms with Gasteiger partial charge in [0.25, 0.3) is 0 Å². The van der Waals surface area contributed by atoms with Crippen LogP contribution in [0.4, 0.5) is 0 Å². The molecule has 2 aliphatic carbocycles. The molecule has 62 heavy (non-hydrogen) atoms. The van der Waals surface area contributed by atoms with Gasteiger partial charge in [-0.2, -0.15) is 0 Å². The zero-order chi connectivity index (χ0) is 46.1. The molecule has 2 saturated heterocycles. The lowest BCUT2D eigenvalue weighted by molar-refractivity contribution is -0.305. The molecule has 0 aromatic rings. The molecule has 2 fully saturated rings. The predicted molar refractivity (Wildman–Crippen MR) is 247 cm³/mol. The van der Waals surface area contributed by atoms with Gasteiger partial charge in [0.2, 0.25) is 0 Å². The van der Waals surface area contributed by atoms with Crippen molar-refractivity contribution in [2.45, 2.75) is 182 Å². The van der Waals surface area contributed by atoms with E-state index >= 15 is 0 Å². The van der Waals surface area contributed by atoms with Crippen molar-refractivity contribution in [1.82, 2.24) is 0 Å².